The fourth-order valence-electron chi connectivity index (χ4n) is 8.53. The maximum absolute atomic E-state index is 2.55. The molecular weight excluding hydrogens is 637 g/mol. The topological polar surface area (TPSA) is 9.86 Å². The van der Waals surface area contributed by atoms with E-state index in [9.17, 15) is 0 Å². The first kappa shape index (κ1) is 28.7. The van der Waals surface area contributed by atoms with Gasteiger partial charge in [-0.25, -0.2) is 0 Å². The molecule has 10 aromatic rings. The number of aromatic nitrogens is 2. The summed E-state index contributed by atoms with van der Waals surface area (Å²) in [6, 6.07) is 58.1. The number of fused-ring (bicyclic) bond motifs is 10. The highest BCUT2D eigenvalue weighted by atomic mass is 32.1. The number of para-hydroxylation sites is 1. The van der Waals surface area contributed by atoms with Crippen molar-refractivity contribution in [2.75, 3.05) is 0 Å². The first-order chi connectivity index (χ1) is 25.3. The van der Waals surface area contributed by atoms with Crippen molar-refractivity contribution >= 4 is 70.3 Å². The van der Waals surface area contributed by atoms with Crippen LogP contribution in [0.5, 0.6) is 0 Å². The zero-order valence-electron chi connectivity index (χ0n) is 27.9. The number of hydrogen-bond donors (Lipinski definition) is 0. The molecule has 51 heavy (non-hydrogen) atoms. The molecule has 3 heteroatoms. The molecule has 0 saturated carbocycles. The van der Waals surface area contributed by atoms with Gasteiger partial charge in [0.25, 0.3) is 0 Å². The van der Waals surface area contributed by atoms with Crippen molar-refractivity contribution in [3.8, 4) is 33.6 Å². The van der Waals surface area contributed by atoms with E-state index in [-0.39, 0.29) is 0 Å². The lowest BCUT2D eigenvalue weighted by Crippen LogP contribution is -2.02. The zero-order valence-corrected chi connectivity index (χ0v) is 28.7. The second-order valence-electron chi connectivity index (χ2n) is 13.6. The minimum atomic E-state index is 1.02. The third-order valence-corrected chi connectivity index (χ3v) is 11.9. The lowest BCUT2D eigenvalue weighted by Gasteiger charge is -2.13. The van der Waals surface area contributed by atoms with Gasteiger partial charge in [0.05, 0.1) is 16.6 Å². The molecule has 0 saturated heterocycles. The molecule has 0 spiro atoms. The van der Waals surface area contributed by atoms with Crippen molar-refractivity contribution in [1.29, 1.82) is 0 Å². The fourth-order valence-corrected chi connectivity index (χ4v) is 9.61. The molecule has 2 nitrogen and oxygen atoms in total. The molecule has 0 unspecified atom stereocenters. The van der Waals surface area contributed by atoms with Crippen molar-refractivity contribution in [3.63, 3.8) is 0 Å². The normalized spacial score (nSPS) is 12.9. The van der Waals surface area contributed by atoms with Gasteiger partial charge in [0, 0.05) is 59.0 Å². The molecule has 0 aliphatic heterocycles. The summed E-state index contributed by atoms with van der Waals surface area (Å²) >= 11 is 1.88. The maximum atomic E-state index is 2.55. The molecule has 11 rings (SSSR count). The molecule has 0 fully saturated rings. The summed E-state index contributed by atoms with van der Waals surface area (Å²) in [4.78, 5) is 0. The first-order valence-electron chi connectivity index (χ1n) is 17.7. The molecule has 3 aromatic heterocycles. The van der Waals surface area contributed by atoms with E-state index >= 15 is 0 Å². The first-order valence-corrected chi connectivity index (χ1v) is 18.6. The predicted octanol–water partition coefficient (Wildman–Crippen LogP) is 13.4. The van der Waals surface area contributed by atoms with Crippen molar-refractivity contribution < 1.29 is 0 Å². The van der Waals surface area contributed by atoms with Gasteiger partial charge in [-0.15, -0.1) is 11.3 Å². The summed E-state index contributed by atoms with van der Waals surface area (Å²) in [6.07, 6.45) is 6.80. The Kier molecular flexibility index (Phi) is 6.28. The highest BCUT2D eigenvalue weighted by Gasteiger charge is 2.24. The Morgan fingerprint density at radius 1 is 0.431 bits per heavy atom. The number of rotatable bonds is 4. The van der Waals surface area contributed by atoms with E-state index in [1.165, 1.54) is 97.8 Å². The van der Waals surface area contributed by atoms with Crippen LogP contribution < -0.4 is 0 Å². The molecule has 3 heterocycles. The Morgan fingerprint density at radius 2 is 1.10 bits per heavy atom. The Bertz CT molecular complexity index is 3020. The van der Waals surface area contributed by atoms with Gasteiger partial charge >= 0.3 is 0 Å². The molecule has 1 aliphatic rings. The van der Waals surface area contributed by atoms with Crippen LogP contribution in [0.25, 0.3) is 92.6 Å². The molecule has 0 bridgehead atoms. The second kappa shape index (κ2) is 11.2. The van der Waals surface area contributed by atoms with E-state index < -0.39 is 0 Å². The number of allylic oxidation sites excluding steroid dienone is 1. The van der Waals surface area contributed by atoms with E-state index in [2.05, 4.69) is 179 Å². The number of hydrogen-bond acceptors (Lipinski definition) is 1. The summed E-state index contributed by atoms with van der Waals surface area (Å²) in [5, 5.41) is 6.62. The average molecular weight is 669 g/mol. The zero-order chi connectivity index (χ0) is 33.5. The summed E-state index contributed by atoms with van der Waals surface area (Å²) < 4.78 is 7.69. The van der Waals surface area contributed by atoms with E-state index in [4.69, 9.17) is 0 Å². The van der Waals surface area contributed by atoms with Gasteiger partial charge in [-0.1, -0.05) is 109 Å². The fraction of sp³-hybridized carbons (Fsp3) is 0.0417. The van der Waals surface area contributed by atoms with Gasteiger partial charge in [0.1, 0.15) is 0 Å². The van der Waals surface area contributed by atoms with Crippen molar-refractivity contribution in [3.05, 3.63) is 175 Å². The summed E-state index contributed by atoms with van der Waals surface area (Å²) in [6.45, 7) is 0. The van der Waals surface area contributed by atoms with Crippen LogP contribution in [0.3, 0.4) is 0 Å². The van der Waals surface area contributed by atoms with Crippen LogP contribution in [0.2, 0.25) is 0 Å². The van der Waals surface area contributed by atoms with Gasteiger partial charge < -0.3 is 9.13 Å². The third kappa shape index (κ3) is 4.35. The van der Waals surface area contributed by atoms with E-state index in [1.54, 1.807) is 0 Å². The monoisotopic (exact) mass is 668 g/mol. The maximum Gasteiger partial charge on any atom is 0.0548 e. The van der Waals surface area contributed by atoms with Crippen molar-refractivity contribution in [2.24, 2.45) is 0 Å². The standard InChI is InChI=1S/C48H32N2S/c1-2-12-31(13-3-1)32-14-10-15-33(28-32)34-16-11-17-35(29-34)49-41-21-7-4-19-38(41)47-43(49)25-26-44-48(47)39-20-5-8-22-42(39)50(44)36-24-27-46-40(30-36)37-18-6-9-23-45(37)51-46/h1-7,9-21,23-30H,8,22H2. The molecule has 240 valence electrons. The summed E-state index contributed by atoms with van der Waals surface area (Å²) in [5.74, 6) is 0. The molecule has 1 aliphatic carbocycles. The predicted molar refractivity (Wildman–Crippen MR) is 219 cm³/mol. The van der Waals surface area contributed by atoms with Gasteiger partial charge in [0.15, 0.2) is 0 Å². The molecule has 0 radical (unpaired) electrons. The highest BCUT2D eigenvalue weighted by Crippen LogP contribution is 2.44. The van der Waals surface area contributed by atoms with E-state index in [0.29, 0.717) is 0 Å². The third-order valence-electron chi connectivity index (χ3n) is 10.8. The lowest BCUT2D eigenvalue weighted by atomic mass is 9.98. The molecular formula is C48H32N2S. The number of nitrogens with zero attached hydrogens (tertiary/aromatic N) is 2. The Hall–Kier alpha value is -6.16. The molecule has 0 amide bonds. The molecule has 0 atom stereocenters. The van der Waals surface area contributed by atoms with Crippen molar-refractivity contribution in [1.82, 2.24) is 9.13 Å². The van der Waals surface area contributed by atoms with Crippen LogP contribution in [0.15, 0.2) is 164 Å². The van der Waals surface area contributed by atoms with Crippen LogP contribution in [0, 0.1) is 0 Å². The van der Waals surface area contributed by atoms with E-state index in [0.717, 1.165) is 12.8 Å². The van der Waals surface area contributed by atoms with Gasteiger partial charge in [-0.3, -0.25) is 0 Å². The Balaban J connectivity index is 1.14. The van der Waals surface area contributed by atoms with Gasteiger partial charge in [-0.05, 0) is 95.8 Å². The van der Waals surface area contributed by atoms with Crippen LogP contribution in [-0.2, 0) is 6.42 Å². The van der Waals surface area contributed by atoms with Crippen LogP contribution >= 0.6 is 11.3 Å². The van der Waals surface area contributed by atoms with Crippen LogP contribution in [-0.4, -0.2) is 9.13 Å². The lowest BCUT2D eigenvalue weighted by molar-refractivity contribution is 0.889. The quantitative estimate of drug-likeness (QED) is 0.177. The second-order valence-corrected chi connectivity index (χ2v) is 14.7. The van der Waals surface area contributed by atoms with Crippen LogP contribution in [0.1, 0.15) is 17.7 Å². The smallest absolute Gasteiger partial charge is 0.0548 e. The highest BCUT2D eigenvalue weighted by molar-refractivity contribution is 7.25. The SMILES string of the molecule is C1=Cc2c(n(-c3ccc4sc5ccccc5c4c3)c3ccc4c(c5ccccc5n4-c4cccc(-c5cccc(-c6ccccc6)c5)c4)c23)CC1. The van der Waals surface area contributed by atoms with Crippen molar-refractivity contribution in [2.45, 2.75) is 12.8 Å². The average Bonchev–Trinajstić information content (AvgIpc) is 3.85. The Labute approximate surface area is 299 Å². The summed E-state index contributed by atoms with van der Waals surface area (Å²) in [5.41, 5.74) is 13.8. The number of benzene rings is 7. The van der Waals surface area contributed by atoms with Gasteiger partial charge in [0.2, 0.25) is 0 Å². The molecule has 7 aromatic carbocycles. The minimum absolute atomic E-state index is 1.02. The van der Waals surface area contributed by atoms with Gasteiger partial charge in [-0.2, -0.15) is 0 Å². The largest absolute Gasteiger partial charge is 0.313 e. The summed E-state index contributed by atoms with van der Waals surface area (Å²) in [7, 11) is 0. The van der Waals surface area contributed by atoms with E-state index in [1.807, 2.05) is 11.3 Å². The molecule has 0 N–H and O–H groups in total. The number of thiophene rings is 1. The minimum Gasteiger partial charge on any atom is -0.313 e. The Morgan fingerprint density at radius 3 is 1.98 bits per heavy atom. The van der Waals surface area contributed by atoms with Crippen LogP contribution in [0.4, 0.5) is 0 Å².